The number of aliphatic hydroxyl groups is 1. The van der Waals surface area contributed by atoms with E-state index in [4.69, 9.17) is 4.74 Å². The Bertz CT molecular complexity index is 585. The quantitative estimate of drug-likeness (QED) is 0.661. The molecule has 0 saturated heterocycles. The zero-order valence-corrected chi connectivity index (χ0v) is 17.0. The lowest BCUT2D eigenvalue weighted by molar-refractivity contribution is 0.0455. The van der Waals surface area contributed by atoms with Crippen LogP contribution in [0.3, 0.4) is 0 Å². The molecule has 4 heteroatoms. The molecule has 2 rings (SSSR count). The SMILES string of the molecule is CC(C)(C)OC(=O)N[C@@H](Cc1ccccc1)[C@H](O)/C=C/CC1CCCCC1. The topological polar surface area (TPSA) is 58.6 Å². The Morgan fingerprint density at radius 2 is 1.89 bits per heavy atom. The molecule has 1 fully saturated rings. The zero-order chi connectivity index (χ0) is 19.7. The number of allylic oxidation sites excluding steroid dienone is 1. The molecule has 1 aliphatic carbocycles. The van der Waals surface area contributed by atoms with E-state index >= 15 is 0 Å². The van der Waals surface area contributed by atoms with E-state index in [1.54, 1.807) is 0 Å². The van der Waals surface area contributed by atoms with Gasteiger partial charge < -0.3 is 15.2 Å². The van der Waals surface area contributed by atoms with E-state index in [2.05, 4.69) is 11.4 Å². The molecule has 1 amide bonds. The van der Waals surface area contributed by atoms with Crippen LogP contribution >= 0.6 is 0 Å². The number of ether oxygens (including phenoxy) is 1. The summed E-state index contributed by atoms with van der Waals surface area (Å²) >= 11 is 0. The van der Waals surface area contributed by atoms with Crippen LogP contribution in [0.2, 0.25) is 0 Å². The molecular weight excluding hydrogens is 338 g/mol. The Morgan fingerprint density at radius 1 is 1.22 bits per heavy atom. The minimum Gasteiger partial charge on any atom is -0.444 e. The average Bonchev–Trinajstić information content (AvgIpc) is 2.61. The third-order valence-electron chi connectivity index (χ3n) is 4.94. The van der Waals surface area contributed by atoms with Crippen molar-refractivity contribution in [3.63, 3.8) is 0 Å². The zero-order valence-electron chi connectivity index (χ0n) is 17.0. The highest BCUT2D eigenvalue weighted by molar-refractivity contribution is 5.68. The summed E-state index contributed by atoms with van der Waals surface area (Å²) in [5.74, 6) is 0.730. The van der Waals surface area contributed by atoms with E-state index < -0.39 is 23.8 Å². The molecule has 0 aromatic heterocycles. The first-order valence-electron chi connectivity index (χ1n) is 10.2. The molecule has 1 aromatic rings. The lowest BCUT2D eigenvalue weighted by atomic mass is 9.87. The van der Waals surface area contributed by atoms with Gasteiger partial charge in [0.05, 0.1) is 12.1 Å². The maximum absolute atomic E-state index is 12.2. The van der Waals surface area contributed by atoms with Gasteiger partial charge in [0.1, 0.15) is 5.60 Å². The second-order valence-corrected chi connectivity index (χ2v) is 8.60. The number of amides is 1. The van der Waals surface area contributed by atoms with Crippen LogP contribution in [0.4, 0.5) is 4.79 Å². The van der Waals surface area contributed by atoms with Crippen molar-refractivity contribution < 1.29 is 14.6 Å². The fraction of sp³-hybridized carbons (Fsp3) is 0.609. The van der Waals surface area contributed by atoms with Gasteiger partial charge in [0.15, 0.2) is 0 Å². The number of benzene rings is 1. The molecule has 1 aromatic carbocycles. The first-order valence-corrected chi connectivity index (χ1v) is 10.2. The van der Waals surface area contributed by atoms with Crippen LogP contribution in [0, 0.1) is 5.92 Å². The summed E-state index contributed by atoms with van der Waals surface area (Å²) < 4.78 is 5.37. The maximum atomic E-state index is 12.2. The Hall–Kier alpha value is -1.81. The van der Waals surface area contributed by atoms with E-state index in [9.17, 15) is 9.90 Å². The smallest absolute Gasteiger partial charge is 0.407 e. The Kier molecular flexibility index (Phi) is 8.36. The molecule has 2 atom stereocenters. The molecule has 1 aliphatic rings. The van der Waals surface area contributed by atoms with Gasteiger partial charge in [-0.2, -0.15) is 0 Å². The van der Waals surface area contributed by atoms with Crippen molar-refractivity contribution in [3.8, 4) is 0 Å². The van der Waals surface area contributed by atoms with Crippen molar-refractivity contribution in [3.05, 3.63) is 48.0 Å². The van der Waals surface area contributed by atoms with Crippen molar-refractivity contribution in [1.82, 2.24) is 5.32 Å². The van der Waals surface area contributed by atoms with Crippen LogP contribution in [0.15, 0.2) is 42.5 Å². The number of hydrogen-bond acceptors (Lipinski definition) is 3. The summed E-state index contributed by atoms with van der Waals surface area (Å²) in [5, 5.41) is 13.5. The van der Waals surface area contributed by atoms with E-state index in [0.29, 0.717) is 6.42 Å². The lowest BCUT2D eigenvalue weighted by Gasteiger charge is -2.26. The molecule has 0 bridgehead atoms. The highest BCUT2D eigenvalue weighted by atomic mass is 16.6. The molecule has 0 radical (unpaired) electrons. The van der Waals surface area contributed by atoms with Gasteiger partial charge in [0.2, 0.25) is 0 Å². The van der Waals surface area contributed by atoms with Crippen LogP contribution in [-0.2, 0) is 11.2 Å². The molecule has 0 heterocycles. The highest BCUT2D eigenvalue weighted by Crippen LogP contribution is 2.26. The number of carbonyl (C=O) groups excluding carboxylic acids is 1. The molecule has 0 aliphatic heterocycles. The summed E-state index contributed by atoms with van der Waals surface area (Å²) in [7, 11) is 0. The minimum absolute atomic E-state index is 0.426. The second-order valence-electron chi connectivity index (χ2n) is 8.60. The molecular formula is C23H35NO3. The molecule has 0 unspecified atom stereocenters. The summed E-state index contributed by atoms with van der Waals surface area (Å²) in [5.41, 5.74) is 0.502. The normalized spacial score (nSPS) is 18.2. The monoisotopic (exact) mass is 373 g/mol. The van der Waals surface area contributed by atoms with Crippen LogP contribution in [0.1, 0.15) is 64.9 Å². The predicted molar refractivity (Wildman–Crippen MR) is 110 cm³/mol. The number of rotatable bonds is 7. The van der Waals surface area contributed by atoms with Gasteiger partial charge >= 0.3 is 6.09 Å². The molecule has 4 nitrogen and oxygen atoms in total. The molecule has 2 N–H and O–H groups in total. The van der Waals surface area contributed by atoms with Gasteiger partial charge in [0.25, 0.3) is 0 Å². The van der Waals surface area contributed by atoms with Gasteiger partial charge in [-0.25, -0.2) is 4.79 Å². The van der Waals surface area contributed by atoms with Crippen LogP contribution in [-0.4, -0.2) is 28.9 Å². The van der Waals surface area contributed by atoms with E-state index in [-0.39, 0.29) is 0 Å². The van der Waals surface area contributed by atoms with E-state index in [0.717, 1.165) is 17.9 Å². The maximum Gasteiger partial charge on any atom is 0.407 e. The first kappa shape index (κ1) is 21.5. The largest absolute Gasteiger partial charge is 0.444 e. The lowest BCUT2D eigenvalue weighted by Crippen LogP contribution is -2.46. The number of aliphatic hydroxyl groups excluding tert-OH is 1. The Labute approximate surface area is 164 Å². The number of carbonyl (C=O) groups is 1. The number of alkyl carbamates (subject to hydrolysis) is 1. The van der Waals surface area contributed by atoms with Crippen LogP contribution in [0.5, 0.6) is 0 Å². The van der Waals surface area contributed by atoms with Crippen molar-refractivity contribution in [2.45, 2.75) is 83.5 Å². The van der Waals surface area contributed by atoms with Gasteiger partial charge in [-0.05, 0) is 45.1 Å². The highest BCUT2D eigenvalue weighted by Gasteiger charge is 2.23. The number of hydrogen-bond donors (Lipinski definition) is 2. The molecule has 150 valence electrons. The van der Waals surface area contributed by atoms with Crippen LogP contribution in [0.25, 0.3) is 0 Å². The van der Waals surface area contributed by atoms with Crippen molar-refractivity contribution in [1.29, 1.82) is 0 Å². The average molecular weight is 374 g/mol. The first-order chi connectivity index (χ1) is 12.8. The van der Waals surface area contributed by atoms with Gasteiger partial charge in [-0.1, -0.05) is 74.6 Å². The van der Waals surface area contributed by atoms with Gasteiger partial charge in [-0.3, -0.25) is 0 Å². The molecule has 27 heavy (non-hydrogen) atoms. The third kappa shape index (κ3) is 8.61. The summed E-state index contributed by atoms with van der Waals surface area (Å²) in [6, 6.07) is 9.46. The number of nitrogens with one attached hydrogen (secondary N) is 1. The standard InChI is InChI=1S/C23H35NO3/c1-23(2,3)27-22(26)24-20(17-19-13-8-5-9-14-19)21(25)16-10-15-18-11-6-4-7-12-18/h5,8-10,13-14,16,18,20-21,25H,4,6-7,11-12,15,17H2,1-3H3,(H,24,26)/b16-10+/t20-,21+/m0/s1. The summed E-state index contributed by atoms with van der Waals surface area (Å²) in [6.07, 6.45) is 10.8. The van der Waals surface area contributed by atoms with E-state index in [1.165, 1.54) is 32.1 Å². The fourth-order valence-corrected chi connectivity index (χ4v) is 3.55. The van der Waals surface area contributed by atoms with Crippen LogP contribution < -0.4 is 5.32 Å². The second kappa shape index (κ2) is 10.5. The Morgan fingerprint density at radius 3 is 2.52 bits per heavy atom. The van der Waals surface area contributed by atoms with Crippen molar-refractivity contribution in [2.75, 3.05) is 0 Å². The van der Waals surface area contributed by atoms with Crippen molar-refractivity contribution >= 4 is 6.09 Å². The molecule has 1 saturated carbocycles. The third-order valence-corrected chi connectivity index (χ3v) is 4.94. The van der Waals surface area contributed by atoms with Gasteiger partial charge in [-0.15, -0.1) is 0 Å². The Balaban J connectivity index is 1.97. The van der Waals surface area contributed by atoms with E-state index in [1.807, 2.05) is 57.2 Å². The van der Waals surface area contributed by atoms with Crippen molar-refractivity contribution in [2.24, 2.45) is 5.92 Å². The van der Waals surface area contributed by atoms with Gasteiger partial charge in [0, 0.05) is 0 Å². The fourth-order valence-electron chi connectivity index (χ4n) is 3.55. The minimum atomic E-state index is -0.749. The predicted octanol–water partition coefficient (Wildman–Crippen LogP) is 5.01. The summed E-state index contributed by atoms with van der Waals surface area (Å²) in [4.78, 5) is 12.2. The summed E-state index contributed by atoms with van der Waals surface area (Å²) in [6.45, 7) is 5.50. The molecule has 0 spiro atoms.